The lowest BCUT2D eigenvalue weighted by Crippen LogP contribution is -2.28. The fourth-order valence-corrected chi connectivity index (χ4v) is 12.4. The molecule has 3 aromatic carbocycles. The number of hydrogen-bond donors (Lipinski definition) is 0. The van der Waals surface area contributed by atoms with Crippen LogP contribution in [-0.2, 0) is 12.8 Å². The largest absolute Gasteiger partial charge is 0.0711 e. The van der Waals surface area contributed by atoms with Crippen molar-refractivity contribution in [1.82, 2.24) is 0 Å². The molecule has 0 radical (unpaired) electrons. The van der Waals surface area contributed by atoms with Crippen LogP contribution in [0.3, 0.4) is 0 Å². The molecular formula is C28H32P2. The van der Waals surface area contributed by atoms with Crippen molar-refractivity contribution >= 4 is 26.5 Å². The van der Waals surface area contributed by atoms with Gasteiger partial charge in [-0.3, -0.25) is 0 Å². The van der Waals surface area contributed by atoms with E-state index in [1.807, 2.05) is 0 Å². The first-order valence-corrected chi connectivity index (χ1v) is 14.8. The van der Waals surface area contributed by atoms with Crippen LogP contribution in [-0.4, -0.2) is 23.6 Å². The summed E-state index contributed by atoms with van der Waals surface area (Å²) in [4.78, 5) is 0. The van der Waals surface area contributed by atoms with E-state index in [1.165, 1.54) is 62.0 Å². The minimum absolute atomic E-state index is 0.0263. The molecule has 0 aromatic heterocycles. The molecule has 1 unspecified atom stereocenters. The molecule has 2 heterocycles. The van der Waals surface area contributed by atoms with Crippen molar-refractivity contribution in [3.8, 4) is 0 Å². The Kier molecular flexibility index (Phi) is 6.65. The van der Waals surface area contributed by atoms with Crippen molar-refractivity contribution in [1.29, 1.82) is 0 Å². The number of hydrogen-bond acceptors (Lipinski definition) is 0. The molecule has 0 amide bonds. The highest BCUT2D eigenvalue weighted by Crippen LogP contribution is 2.55. The predicted molar refractivity (Wildman–Crippen MR) is 136 cm³/mol. The van der Waals surface area contributed by atoms with E-state index < -0.39 is 0 Å². The van der Waals surface area contributed by atoms with Crippen molar-refractivity contribution in [2.75, 3.05) is 12.3 Å². The van der Waals surface area contributed by atoms with Gasteiger partial charge in [0.2, 0.25) is 0 Å². The lowest BCUT2D eigenvalue weighted by Gasteiger charge is -2.28. The molecule has 2 heteroatoms. The van der Waals surface area contributed by atoms with Gasteiger partial charge in [0.25, 0.3) is 0 Å². The average Bonchev–Trinajstić information content (AvgIpc) is 3.45. The zero-order chi connectivity index (χ0) is 20.2. The van der Waals surface area contributed by atoms with Gasteiger partial charge in [-0.15, -0.1) is 0 Å². The van der Waals surface area contributed by atoms with Gasteiger partial charge < -0.3 is 0 Å². The Bertz CT molecular complexity index is 859. The van der Waals surface area contributed by atoms with Gasteiger partial charge in [-0.1, -0.05) is 101 Å². The van der Waals surface area contributed by atoms with Gasteiger partial charge >= 0.3 is 0 Å². The van der Waals surface area contributed by atoms with E-state index in [-0.39, 0.29) is 15.8 Å². The van der Waals surface area contributed by atoms with Crippen molar-refractivity contribution in [3.05, 3.63) is 96.1 Å². The summed E-state index contributed by atoms with van der Waals surface area (Å²) in [5, 5.41) is 3.55. The monoisotopic (exact) mass is 430 g/mol. The van der Waals surface area contributed by atoms with Gasteiger partial charge in [0.05, 0.1) is 0 Å². The first kappa shape index (κ1) is 20.4. The third-order valence-electron chi connectivity index (χ3n) is 6.88. The minimum atomic E-state index is -0.0263. The smallest absolute Gasteiger partial charge is 0.0128 e. The molecule has 154 valence electrons. The molecule has 2 aliphatic rings. The third-order valence-corrected chi connectivity index (χ3v) is 13.3. The second kappa shape index (κ2) is 9.77. The highest BCUT2D eigenvalue weighted by molar-refractivity contribution is 7.73. The fourth-order valence-electron chi connectivity index (χ4n) is 5.45. The van der Waals surface area contributed by atoms with Gasteiger partial charge in [-0.05, 0) is 83.9 Å². The van der Waals surface area contributed by atoms with E-state index in [4.69, 9.17) is 0 Å². The molecule has 30 heavy (non-hydrogen) atoms. The van der Waals surface area contributed by atoms with Crippen LogP contribution in [0.4, 0.5) is 0 Å². The highest BCUT2D eigenvalue weighted by Gasteiger charge is 2.34. The fraction of sp³-hybridized carbons (Fsp3) is 0.357. The lowest BCUT2D eigenvalue weighted by atomic mass is 10.1. The molecule has 0 spiro atoms. The molecule has 0 bridgehead atoms. The SMILES string of the molecule is c1ccc(C[C@H]2CCCP2c2ccccc2[P@]2CCC[C@@H]2Cc2ccccc2)cc1. The second-order valence-corrected chi connectivity index (χ2v) is 14.0. The van der Waals surface area contributed by atoms with Crippen LogP contribution >= 0.6 is 15.8 Å². The first-order valence-electron chi connectivity index (χ1n) is 11.6. The summed E-state index contributed by atoms with van der Waals surface area (Å²) in [5.41, 5.74) is 4.80. The molecule has 4 atom stereocenters. The molecule has 0 saturated carbocycles. The normalized spacial score (nSPS) is 26.1. The zero-order valence-electron chi connectivity index (χ0n) is 17.8. The Morgan fingerprint density at radius 1 is 0.533 bits per heavy atom. The Labute approximate surface area is 184 Å². The molecule has 3 aromatic rings. The van der Waals surface area contributed by atoms with E-state index in [1.54, 1.807) is 10.6 Å². The van der Waals surface area contributed by atoms with Gasteiger partial charge in [0, 0.05) is 0 Å². The van der Waals surface area contributed by atoms with Crippen LogP contribution in [0.25, 0.3) is 0 Å². The Morgan fingerprint density at radius 3 is 1.37 bits per heavy atom. The van der Waals surface area contributed by atoms with Crippen LogP contribution in [0.5, 0.6) is 0 Å². The van der Waals surface area contributed by atoms with Gasteiger partial charge in [-0.2, -0.15) is 0 Å². The molecule has 0 N–H and O–H groups in total. The summed E-state index contributed by atoms with van der Waals surface area (Å²) in [6.45, 7) is 0. The van der Waals surface area contributed by atoms with E-state index in [9.17, 15) is 0 Å². The molecule has 5 rings (SSSR count). The Hall–Kier alpha value is -1.48. The summed E-state index contributed by atoms with van der Waals surface area (Å²) in [5.74, 6) is 0. The van der Waals surface area contributed by atoms with Crippen LogP contribution in [0.15, 0.2) is 84.9 Å². The summed E-state index contributed by atoms with van der Waals surface area (Å²) in [6.07, 6.45) is 11.1. The second-order valence-electron chi connectivity index (χ2n) is 8.85. The van der Waals surface area contributed by atoms with Crippen LogP contribution in [0.2, 0.25) is 0 Å². The maximum atomic E-state index is 2.52. The molecular weight excluding hydrogens is 398 g/mol. The maximum Gasteiger partial charge on any atom is -0.0128 e. The van der Waals surface area contributed by atoms with Crippen LogP contribution < -0.4 is 10.6 Å². The molecule has 0 nitrogen and oxygen atoms in total. The van der Waals surface area contributed by atoms with Gasteiger partial charge in [-0.25, -0.2) is 0 Å². The average molecular weight is 431 g/mol. The summed E-state index contributed by atoms with van der Waals surface area (Å²) in [6, 6.07) is 32.1. The zero-order valence-corrected chi connectivity index (χ0v) is 19.6. The van der Waals surface area contributed by atoms with Crippen LogP contribution in [0, 0.1) is 0 Å². The van der Waals surface area contributed by atoms with Gasteiger partial charge in [0.1, 0.15) is 0 Å². The van der Waals surface area contributed by atoms with Crippen molar-refractivity contribution in [2.45, 2.75) is 49.8 Å². The Morgan fingerprint density at radius 2 is 0.933 bits per heavy atom. The molecule has 2 aliphatic heterocycles. The van der Waals surface area contributed by atoms with Crippen molar-refractivity contribution < 1.29 is 0 Å². The van der Waals surface area contributed by atoms with E-state index in [0.29, 0.717) is 0 Å². The molecule has 2 fully saturated rings. The van der Waals surface area contributed by atoms with Crippen molar-refractivity contribution in [3.63, 3.8) is 0 Å². The Balaban J connectivity index is 1.39. The van der Waals surface area contributed by atoms with E-state index in [2.05, 4.69) is 84.9 Å². The molecule has 2 saturated heterocycles. The van der Waals surface area contributed by atoms with Crippen molar-refractivity contribution in [2.24, 2.45) is 0 Å². The maximum absolute atomic E-state index is 2.52. The number of benzene rings is 3. The van der Waals surface area contributed by atoms with E-state index in [0.717, 1.165) is 11.3 Å². The minimum Gasteiger partial charge on any atom is -0.0711 e. The highest BCUT2D eigenvalue weighted by atomic mass is 31.1. The predicted octanol–water partition coefficient (Wildman–Crippen LogP) is 6.71. The summed E-state index contributed by atoms with van der Waals surface area (Å²) < 4.78 is 0. The topological polar surface area (TPSA) is 0 Å². The van der Waals surface area contributed by atoms with Crippen LogP contribution in [0.1, 0.15) is 36.8 Å². The summed E-state index contributed by atoms with van der Waals surface area (Å²) in [7, 11) is -0.0527. The lowest BCUT2D eigenvalue weighted by molar-refractivity contribution is 0.774. The standard InChI is InChI=1S/C28H32P2/c1-3-11-23(12-4-1)21-25-15-9-19-29(25)27-17-7-8-18-28(27)30-20-10-16-26(30)22-24-13-5-2-6-14-24/h1-8,11-14,17-18,25-26H,9-10,15-16,19-22H2/t25-,26-,29-,30?/m1/s1. The third kappa shape index (κ3) is 4.56. The first-order chi connectivity index (χ1) is 14.9. The number of rotatable bonds is 6. The van der Waals surface area contributed by atoms with Gasteiger partial charge in [0.15, 0.2) is 0 Å². The summed E-state index contributed by atoms with van der Waals surface area (Å²) >= 11 is 0. The quantitative estimate of drug-likeness (QED) is 0.381. The van der Waals surface area contributed by atoms with E-state index >= 15 is 0 Å². The molecule has 0 aliphatic carbocycles.